The fraction of sp³-hybridized carbons (Fsp3) is 0.346. The summed E-state index contributed by atoms with van der Waals surface area (Å²) in [5.41, 5.74) is 4.54. The maximum atomic E-state index is 12.6. The Hall–Kier alpha value is -3.41. The number of hydrogen-bond donors (Lipinski definition) is 1. The third-order valence-corrected chi connectivity index (χ3v) is 5.82. The first-order valence-corrected chi connectivity index (χ1v) is 11.2. The van der Waals surface area contributed by atoms with Gasteiger partial charge < -0.3 is 14.6 Å². The van der Waals surface area contributed by atoms with Gasteiger partial charge in [-0.2, -0.15) is 0 Å². The fourth-order valence-corrected chi connectivity index (χ4v) is 3.83. The summed E-state index contributed by atoms with van der Waals surface area (Å²) in [6, 6.07) is 15.9. The maximum Gasteiger partial charge on any atom is 0.275 e. The van der Waals surface area contributed by atoms with Crippen molar-refractivity contribution < 1.29 is 14.0 Å². The molecule has 166 valence electrons. The van der Waals surface area contributed by atoms with Crippen molar-refractivity contribution in [1.29, 1.82) is 0 Å². The van der Waals surface area contributed by atoms with Gasteiger partial charge in [0, 0.05) is 31.6 Å². The molecule has 32 heavy (non-hydrogen) atoms. The molecule has 1 saturated heterocycles. The van der Waals surface area contributed by atoms with Crippen LogP contribution < -0.4 is 5.32 Å². The number of aryl methyl sites for hydroxylation is 2. The van der Waals surface area contributed by atoms with Crippen LogP contribution in [0.3, 0.4) is 0 Å². The average Bonchev–Trinajstić information content (AvgIpc) is 3.33. The van der Waals surface area contributed by atoms with E-state index in [4.69, 9.17) is 4.42 Å². The molecule has 0 atom stereocenters. The van der Waals surface area contributed by atoms with E-state index in [1.54, 1.807) is 0 Å². The molecule has 0 saturated carbocycles. The van der Waals surface area contributed by atoms with E-state index in [1.165, 1.54) is 23.8 Å². The summed E-state index contributed by atoms with van der Waals surface area (Å²) in [7, 11) is 0. The Kier molecular flexibility index (Phi) is 7.00. The number of oxazole rings is 1. The van der Waals surface area contributed by atoms with Crippen molar-refractivity contribution in [1.82, 2.24) is 15.2 Å². The quantitative estimate of drug-likeness (QED) is 0.597. The van der Waals surface area contributed by atoms with E-state index in [0.29, 0.717) is 24.6 Å². The van der Waals surface area contributed by atoms with E-state index in [1.807, 2.05) is 29.2 Å². The van der Waals surface area contributed by atoms with Crippen molar-refractivity contribution in [2.45, 2.75) is 45.6 Å². The second-order valence-corrected chi connectivity index (χ2v) is 8.35. The minimum absolute atomic E-state index is 0.0308. The molecule has 3 aromatic rings. The van der Waals surface area contributed by atoms with Gasteiger partial charge in [0.25, 0.3) is 5.91 Å². The van der Waals surface area contributed by atoms with Crippen LogP contribution in [-0.2, 0) is 17.8 Å². The number of hydrogen-bond acceptors (Lipinski definition) is 4. The molecular formula is C26H29N3O3. The number of carbonyl (C=O) groups excluding carboxylic acids is 2. The van der Waals surface area contributed by atoms with Crippen molar-refractivity contribution in [2.24, 2.45) is 0 Å². The predicted molar refractivity (Wildman–Crippen MR) is 123 cm³/mol. The van der Waals surface area contributed by atoms with E-state index >= 15 is 0 Å². The minimum atomic E-state index is -0.0651. The topological polar surface area (TPSA) is 75.4 Å². The van der Waals surface area contributed by atoms with Crippen LogP contribution in [0.1, 0.15) is 52.9 Å². The average molecular weight is 432 g/mol. The van der Waals surface area contributed by atoms with Crippen LogP contribution in [-0.4, -0.2) is 34.8 Å². The van der Waals surface area contributed by atoms with Crippen molar-refractivity contribution in [3.05, 3.63) is 77.2 Å². The van der Waals surface area contributed by atoms with Crippen molar-refractivity contribution >= 4 is 11.8 Å². The normalized spacial score (nSPS) is 13.7. The Morgan fingerprint density at radius 2 is 1.66 bits per heavy atom. The highest BCUT2D eigenvalue weighted by Crippen LogP contribution is 2.21. The number of piperidine rings is 1. The maximum absolute atomic E-state index is 12.6. The van der Waals surface area contributed by atoms with Gasteiger partial charge in [0.2, 0.25) is 11.8 Å². The van der Waals surface area contributed by atoms with E-state index < -0.39 is 0 Å². The van der Waals surface area contributed by atoms with Crippen molar-refractivity contribution in [3.8, 4) is 11.5 Å². The summed E-state index contributed by atoms with van der Waals surface area (Å²) in [4.78, 5) is 31.0. The molecule has 2 heterocycles. The number of nitrogens with one attached hydrogen (secondary N) is 1. The van der Waals surface area contributed by atoms with Crippen molar-refractivity contribution in [3.63, 3.8) is 0 Å². The molecule has 0 unspecified atom stereocenters. The molecule has 1 aromatic heterocycles. The summed E-state index contributed by atoms with van der Waals surface area (Å²) in [5.74, 6) is 0.395. The molecule has 1 fully saturated rings. The van der Waals surface area contributed by atoms with E-state index in [9.17, 15) is 9.59 Å². The van der Waals surface area contributed by atoms with Crippen LogP contribution in [0, 0.1) is 6.92 Å². The van der Waals surface area contributed by atoms with Gasteiger partial charge in [0.15, 0.2) is 5.69 Å². The highest BCUT2D eigenvalue weighted by atomic mass is 16.3. The van der Waals surface area contributed by atoms with Gasteiger partial charge in [-0.3, -0.25) is 9.59 Å². The van der Waals surface area contributed by atoms with Gasteiger partial charge in [-0.15, -0.1) is 0 Å². The van der Waals surface area contributed by atoms with Crippen LogP contribution >= 0.6 is 0 Å². The Balaban J connectivity index is 1.27. The second-order valence-electron chi connectivity index (χ2n) is 8.35. The predicted octanol–water partition coefficient (Wildman–Crippen LogP) is 4.53. The molecule has 4 rings (SSSR count). The Bertz CT molecular complexity index is 1050. The molecule has 1 aliphatic rings. The van der Waals surface area contributed by atoms with Crippen LogP contribution in [0.4, 0.5) is 0 Å². The Morgan fingerprint density at radius 3 is 2.38 bits per heavy atom. The largest absolute Gasteiger partial charge is 0.444 e. The van der Waals surface area contributed by atoms with Gasteiger partial charge in [0.05, 0.1) is 0 Å². The highest BCUT2D eigenvalue weighted by molar-refractivity contribution is 5.92. The van der Waals surface area contributed by atoms with Gasteiger partial charge in [-0.1, -0.05) is 42.0 Å². The molecule has 0 radical (unpaired) electrons. The lowest BCUT2D eigenvalue weighted by Crippen LogP contribution is -2.35. The standard InChI is InChI=1S/C26H29N3O3/c1-19-5-7-20(8-6-19)11-14-24(30)27-17-21-9-12-22(13-10-21)25-28-23(18-32-25)26(31)29-15-3-2-4-16-29/h5-10,12-13,18H,2-4,11,14-17H2,1H3,(H,27,30). The molecule has 0 bridgehead atoms. The molecule has 6 heteroatoms. The van der Waals surface area contributed by atoms with Gasteiger partial charge in [-0.25, -0.2) is 4.98 Å². The number of likely N-dealkylation sites (tertiary alicyclic amines) is 1. The smallest absolute Gasteiger partial charge is 0.275 e. The molecular weight excluding hydrogens is 402 g/mol. The van der Waals surface area contributed by atoms with Gasteiger partial charge in [-0.05, 0) is 55.9 Å². The summed E-state index contributed by atoms with van der Waals surface area (Å²) in [5, 5.41) is 2.97. The number of rotatable bonds is 7. The lowest BCUT2D eigenvalue weighted by atomic mass is 10.1. The minimum Gasteiger partial charge on any atom is -0.444 e. The molecule has 0 spiro atoms. The molecule has 1 N–H and O–H groups in total. The Labute approximate surface area is 188 Å². The number of amides is 2. The summed E-state index contributed by atoms with van der Waals surface area (Å²) < 4.78 is 5.55. The first-order chi connectivity index (χ1) is 15.6. The van der Waals surface area contributed by atoms with Crippen LogP contribution in [0.15, 0.2) is 59.2 Å². The number of aromatic nitrogens is 1. The molecule has 6 nitrogen and oxygen atoms in total. The zero-order valence-electron chi connectivity index (χ0n) is 18.5. The highest BCUT2D eigenvalue weighted by Gasteiger charge is 2.21. The van der Waals surface area contributed by atoms with E-state index in [2.05, 4.69) is 41.5 Å². The zero-order chi connectivity index (χ0) is 22.3. The SMILES string of the molecule is Cc1ccc(CCC(=O)NCc2ccc(-c3nc(C(=O)N4CCCCC4)co3)cc2)cc1. The van der Waals surface area contributed by atoms with Crippen LogP contribution in [0.2, 0.25) is 0 Å². The summed E-state index contributed by atoms with van der Waals surface area (Å²) >= 11 is 0. The second kappa shape index (κ2) is 10.3. The lowest BCUT2D eigenvalue weighted by molar-refractivity contribution is -0.121. The third kappa shape index (κ3) is 5.63. The first-order valence-electron chi connectivity index (χ1n) is 11.2. The first kappa shape index (κ1) is 21.8. The van der Waals surface area contributed by atoms with E-state index in [0.717, 1.165) is 43.5 Å². The van der Waals surface area contributed by atoms with Gasteiger partial charge in [0.1, 0.15) is 6.26 Å². The van der Waals surface area contributed by atoms with Crippen LogP contribution in [0.25, 0.3) is 11.5 Å². The Morgan fingerprint density at radius 1 is 0.969 bits per heavy atom. The fourth-order valence-electron chi connectivity index (χ4n) is 3.83. The molecule has 1 aliphatic heterocycles. The third-order valence-electron chi connectivity index (χ3n) is 5.82. The lowest BCUT2D eigenvalue weighted by Gasteiger charge is -2.25. The summed E-state index contributed by atoms with van der Waals surface area (Å²) in [6.07, 6.45) is 5.89. The number of benzene rings is 2. The summed E-state index contributed by atoms with van der Waals surface area (Å²) in [6.45, 7) is 4.09. The monoisotopic (exact) mass is 431 g/mol. The van der Waals surface area contributed by atoms with E-state index in [-0.39, 0.29) is 11.8 Å². The van der Waals surface area contributed by atoms with Gasteiger partial charge >= 0.3 is 0 Å². The molecule has 0 aliphatic carbocycles. The van der Waals surface area contributed by atoms with Crippen molar-refractivity contribution in [2.75, 3.05) is 13.1 Å². The number of carbonyl (C=O) groups is 2. The molecule has 2 amide bonds. The number of nitrogens with zero attached hydrogens (tertiary/aromatic N) is 2. The zero-order valence-corrected chi connectivity index (χ0v) is 18.5. The van der Waals surface area contributed by atoms with Crippen LogP contribution in [0.5, 0.6) is 0 Å². The molecule has 2 aromatic carbocycles.